The average Bonchev–Trinajstić information content (AvgIpc) is 2.84. The summed E-state index contributed by atoms with van der Waals surface area (Å²) in [4.78, 5) is 0. The molecule has 2 aromatic rings. The Morgan fingerprint density at radius 2 is 0.974 bits per heavy atom. The van der Waals surface area contributed by atoms with E-state index in [2.05, 4.69) is 122 Å². The van der Waals surface area contributed by atoms with Crippen LogP contribution in [0.4, 0.5) is 0 Å². The molecule has 0 radical (unpaired) electrons. The van der Waals surface area contributed by atoms with Gasteiger partial charge in [-0.25, -0.2) is 0 Å². The largest absolute Gasteiger partial charge is 0.493 e. The topological polar surface area (TPSA) is 18.5 Å². The lowest BCUT2D eigenvalue weighted by atomic mass is 9.98. The molecule has 2 rings (SSSR count). The Morgan fingerprint density at radius 3 is 1.34 bits per heavy atom. The minimum absolute atomic E-state index is 0.681. The molecule has 0 aliphatic heterocycles. The molecule has 0 aliphatic rings. The van der Waals surface area contributed by atoms with Gasteiger partial charge in [-0.3, -0.25) is 0 Å². The van der Waals surface area contributed by atoms with Crippen molar-refractivity contribution in [3.8, 4) is 11.5 Å². The highest BCUT2D eigenvalue weighted by Crippen LogP contribution is 2.30. The molecule has 2 unspecified atom stereocenters. The van der Waals surface area contributed by atoms with Gasteiger partial charge in [0.15, 0.2) is 0 Å². The summed E-state index contributed by atoms with van der Waals surface area (Å²) in [6.45, 7) is 15.4. The van der Waals surface area contributed by atoms with E-state index in [-0.39, 0.29) is 0 Å². The molecule has 0 amide bonds. The van der Waals surface area contributed by atoms with E-state index in [0.717, 1.165) is 69.5 Å². The first-order valence-electron chi connectivity index (χ1n) is 14.7. The fraction of sp³-hybridized carbons (Fsp3) is 0.588. The molecule has 0 spiro atoms. The maximum absolute atomic E-state index is 6.27. The van der Waals surface area contributed by atoms with Gasteiger partial charge in [0.1, 0.15) is 11.5 Å². The summed E-state index contributed by atoms with van der Waals surface area (Å²) in [6.07, 6.45) is 14.2. The first-order valence-corrected chi connectivity index (χ1v) is 16.2. The highest BCUT2D eigenvalue weighted by atomic mass is 79.9. The second-order valence-corrected chi connectivity index (χ2v) is 13.7. The third-order valence-corrected chi connectivity index (χ3v) is 8.07. The van der Waals surface area contributed by atoms with Crippen LogP contribution in [-0.4, -0.2) is 13.2 Å². The SMILES string of the molecule is CC(C)CCCC(C)CCOc1cc(Br)ccc1/C=C/c1ccc(Br)cc1OCCC(C)CCCC(C)C. The highest BCUT2D eigenvalue weighted by molar-refractivity contribution is 9.10. The fourth-order valence-electron chi connectivity index (χ4n) is 4.50. The lowest BCUT2D eigenvalue weighted by molar-refractivity contribution is 0.275. The number of rotatable bonds is 18. The zero-order valence-electron chi connectivity index (χ0n) is 24.6. The second kappa shape index (κ2) is 18.2. The van der Waals surface area contributed by atoms with E-state index in [1.54, 1.807) is 0 Å². The number of hydrogen-bond donors (Lipinski definition) is 0. The average molecular weight is 651 g/mol. The van der Waals surface area contributed by atoms with E-state index in [1.165, 1.54) is 38.5 Å². The molecule has 212 valence electrons. The summed E-state index contributed by atoms with van der Waals surface area (Å²) in [6, 6.07) is 12.5. The molecule has 0 aromatic heterocycles. The quantitative estimate of drug-likeness (QED) is 0.150. The maximum Gasteiger partial charge on any atom is 0.127 e. The van der Waals surface area contributed by atoms with Gasteiger partial charge in [0.2, 0.25) is 0 Å². The Bertz CT molecular complexity index is 889. The monoisotopic (exact) mass is 648 g/mol. The lowest BCUT2D eigenvalue weighted by Gasteiger charge is -2.15. The summed E-state index contributed by atoms with van der Waals surface area (Å²) < 4.78 is 14.6. The van der Waals surface area contributed by atoms with Crippen LogP contribution < -0.4 is 9.47 Å². The van der Waals surface area contributed by atoms with Crippen molar-refractivity contribution < 1.29 is 9.47 Å². The van der Waals surface area contributed by atoms with Crippen molar-refractivity contribution >= 4 is 44.0 Å². The first kappa shape index (κ1) is 32.9. The van der Waals surface area contributed by atoms with Crippen LogP contribution in [0.1, 0.15) is 104 Å². The van der Waals surface area contributed by atoms with Crippen molar-refractivity contribution in [2.45, 2.75) is 92.9 Å². The van der Waals surface area contributed by atoms with Gasteiger partial charge in [0.05, 0.1) is 13.2 Å². The normalized spacial score (nSPS) is 13.4. The minimum Gasteiger partial charge on any atom is -0.493 e. The maximum atomic E-state index is 6.27. The zero-order chi connectivity index (χ0) is 27.9. The Kier molecular flexibility index (Phi) is 15.7. The van der Waals surface area contributed by atoms with Gasteiger partial charge in [0, 0.05) is 20.1 Å². The summed E-state index contributed by atoms with van der Waals surface area (Å²) in [5, 5.41) is 0. The van der Waals surface area contributed by atoms with E-state index in [1.807, 2.05) is 0 Å². The molecule has 0 heterocycles. The standard InChI is InChI=1S/C34H50Br2O2/c1-25(2)9-7-11-27(5)19-21-37-33-23-31(35)17-15-29(33)13-14-30-16-18-32(36)24-34(30)38-22-20-28(6)12-8-10-26(3)4/h13-18,23-28H,7-12,19-22H2,1-6H3/b14-13+. The molecule has 4 heteroatoms. The van der Waals surface area contributed by atoms with Crippen LogP contribution in [0, 0.1) is 23.7 Å². The Hall–Kier alpha value is -1.26. The minimum atomic E-state index is 0.681. The number of halogens is 2. The van der Waals surface area contributed by atoms with Crippen molar-refractivity contribution in [3.05, 3.63) is 56.5 Å². The van der Waals surface area contributed by atoms with E-state index in [9.17, 15) is 0 Å². The molecular formula is C34H50Br2O2. The van der Waals surface area contributed by atoms with Gasteiger partial charge in [0.25, 0.3) is 0 Å². The molecule has 38 heavy (non-hydrogen) atoms. The van der Waals surface area contributed by atoms with Gasteiger partial charge < -0.3 is 9.47 Å². The molecular weight excluding hydrogens is 600 g/mol. The predicted octanol–water partition coefficient (Wildman–Crippen LogP) is 11.8. The van der Waals surface area contributed by atoms with E-state index in [4.69, 9.17) is 9.47 Å². The van der Waals surface area contributed by atoms with Crippen LogP contribution in [0.2, 0.25) is 0 Å². The second-order valence-electron chi connectivity index (χ2n) is 11.8. The molecule has 0 saturated carbocycles. The molecule has 2 atom stereocenters. The lowest BCUT2D eigenvalue weighted by Crippen LogP contribution is -2.06. The third kappa shape index (κ3) is 13.7. The smallest absolute Gasteiger partial charge is 0.127 e. The molecule has 2 aromatic carbocycles. The van der Waals surface area contributed by atoms with Gasteiger partial charge >= 0.3 is 0 Å². The Labute approximate surface area is 250 Å². The van der Waals surface area contributed by atoms with Crippen LogP contribution >= 0.6 is 31.9 Å². The van der Waals surface area contributed by atoms with Gasteiger partial charge in [-0.15, -0.1) is 0 Å². The molecule has 0 bridgehead atoms. The van der Waals surface area contributed by atoms with Crippen molar-refractivity contribution in [2.24, 2.45) is 23.7 Å². The van der Waals surface area contributed by atoms with Crippen LogP contribution in [-0.2, 0) is 0 Å². The number of ether oxygens (including phenoxy) is 2. The molecule has 0 fully saturated rings. The number of benzene rings is 2. The van der Waals surface area contributed by atoms with Crippen molar-refractivity contribution in [2.75, 3.05) is 13.2 Å². The summed E-state index contributed by atoms with van der Waals surface area (Å²) in [5.41, 5.74) is 2.15. The molecule has 0 N–H and O–H groups in total. The van der Waals surface area contributed by atoms with Gasteiger partial charge in [-0.1, -0.05) is 136 Å². The van der Waals surface area contributed by atoms with Crippen molar-refractivity contribution in [1.29, 1.82) is 0 Å². The molecule has 0 saturated heterocycles. The number of hydrogen-bond acceptors (Lipinski definition) is 2. The van der Waals surface area contributed by atoms with Crippen LogP contribution in [0.15, 0.2) is 45.3 Å². The van der Waals surface area contributed by atoms with Gasteiger partial charge in [-0.05, 0) is 60.8 Å². The van der Waals surface area contributed by atoms with Gasteiger partial charge in [-0.2, -0.15) is 0 Å². The predicted molar refractivity (Wildman–Crippen MR) is 173 cm³/mol. The van der Waals surface area contributed by atoms with Crippen LogP contribution in [0.3, 0.4) is 0 Å². The summed E-state index contributed by atoms with van der Waals surface area (Å²) >= 11 is 7.23. The van der Waals surface area contributed by atoms with Crippen molar-refractivity contribution in [3.63, 3.8) is 0 Å². The zero-order valence-corrected chi connectivity index (χ0v) is 27.7. The van der Waals surface area contributed by atoms with E-state index in [0.29, 0.717) is 11.8 Å². The molecule has 2 nitrogen and oxygen atoms in total. The first-order chi connectivity index (χ1) is 18.1. The summed E-state index contributed by atoms with van der Waals surface area (Å²) in [7, 11) is 0. The van der Waals surface area contributed by atoms with Crippen LogP contribution in [0.5, 0.6) is 11.5 Å². The van der Waals surface area contributed by atoms with E-state index < -0.39 is 0 Å². The fourth-order valence-corrected chi connectivity index (χ4v) is 5.18. The highest BCUT2D eigenvalue weighted by Gasteiger charge is 2.09. The molecule has 0 aliphatic carbocycles. The van der Waals surface area contributed by atoms with Crippen LogP contribution in [0.25, 0.3) is 12.2 Å². The Balaban J connectivity index is 1.97. The third-order valence-electron chi connectivity index (χ3n) is 7.09. The Morgan fingerprint density at radius 1 is 0.579 bits per heavy atom. The van der Waals surface area contributed by atoms with Crippen molar-refractivity contribution in [1.82, 2.24) is 0 Å². The summed E-state index contributed by atoms with van der Waals surface area (Å²) in [5.74, 6) is 4.77. The van der Waals surface area contributed by atoms with E-state index >= 15 is 0 Å².